The largest absolute Gasteiger partial charge is 0.466 e. The molecule has 2 fully saturated rings. The first-order valence-electron chi connectivity index (χ1n) is 10.2. The highest BCUT2D eigenvalue weighted by atomic mass is 32.2. The van der Waals surface area contributed by atoms with E-state index in [1.54, 1.807) is 0 Å². The normalized spacial score (nSPS) is 17.3. The van der Waals surface area contributed by atoms with Crippen LogP contribution in [-0.2, 0) is 14.3 Å². The highest BCUT2D eigenvalue weighted by Gasteiger charge is 2.32. The predicted octanol–water partition coefficient (Wildman–Crippen LogP) is 3.04. The van der Waals surface area contributed by atoms with Gasteiger partial charge < -0.3 is 9.64 Å². The van der Waals surface area contributed by atoms with Crippen LogP contribution in [0.1, 0.15) is 44.3 Å². The van der Waals surface area contributed by atoms with Gasteiger partial charge in [-0.05, 0) is 44.7 Å². The molecule has 1 amide bonds. The van der Waals surface area contributed by atoms with E-state index in [9.17, 15) is 9.59 Å². The molecule has 1 aromatic carbocycles. The Kier molecular flexibility index (Phi) is 6.18. The van der Waals surface area contributed by atoms with Crippen LogP contribution in [0.2, 0.25) is 0 Å². The van der Waals surface area contributed by atoms with Crippen LogP contribution in [0.5, 0.6) is 0 Å². The molecule has 0 atom stereocenters. The van der Waals surface area contributed by atoms with Crippen LogP contribution in [0.4, 0.5) is 0 Å². The minimum atomic E-state index is -0.141. The van der Waals surface area contributed by atoms with Gasteiger partial charge in [-0.25, -0.2) is 0 Å². The van der Waals surface area contributed by atoms with Gasteiger partial charge in [0.25, 0.3) is 0 Å². The standard InChI is InChI=1S/C21H26N4O3S/c1-2-28-20(27)16-10-12-24(13-11-16)18(26)14-29-21-23-22-19(15-8-9-15)25(21)17-6-4-3-5-7-17/h3-7,15-16H,2,8-14H2,1H3. The Morgan fingerprint density at radius 3 is 2.48 bits per heavy atom. The minimum Gasteiger partial charge on any atom is -0.466 e. The summed E-state index contributed by atoms with van der Waals surface area (Å²) in [6, 6.07) is 10.1. The fourth-order valence-corrected chi connectivity index (χ4v) is 4.50. The van der Waals surface area contributed by atoms with E-state index in [1.165, 1.54) is 11.8 Å². The second-order valence-corrected chi connectivity index (χ2v) is 8.42. The Hall–Kier alpha value is -2.35. The molecule has 1 saturated carbocycles. The van der Waals surface area contributed by atoms with Gasteiger partial charge in [-0.3, -0.25) is 14.2 Å². The number of hydrogen-bond acceptors (Lipinski definition) is 6. The molecule has 8 heteroatoms. The number of carbonyl (C=O) groups is 2. The summed E-state index contributed by atoms with van der Waals surface area (Å²) >= 11 is 1.43. The number of esters is 1. The monoisotopic (exact) mass is 414 g/mol. The van der Waals surface area contributed by atoms with Gasteiger partial charge in [0.1, 0.15) is 5.82 Å². The molecule has 0 bridgehead atoms. The van der Waals surface area contributed by atoms with E-state index in [1.807, 2.05) is 42.2 Å². The smallest absolute Gasteiger partial charge is 0.309 e. The van der Waals surface area contributed by atoms with Crippen molar-refractivity contribution in [3.8, 4) is 5.69 Å². The summed E-state index contributed by atoms with van der Waals surface area (Å²) in [5.74, 6) is 1.62. The third-order valence-electron chi connectivity index (χ3n) is 5.41. The zero-order valence-electron chi connectivity index (χ0n) is 16.6. The number of aromatic nitrogens is 3. The second-order valence-electron chi connectivity index (χ2n) is 7.48. The van der Waals surface area contributed by atoms with Gasteiger partial charge >= 0.3 is 5.97 Å². The van der Waals surface area contributed by atoms with Gasteiger partial charge in [0, 0.05) is 24.7 Å². The molecule has 1 aliphatic heterocycles. The van der Waals surface area contributed by atoms with Gasteiger partial charge in [-0.1, -0.05) is 30.0 Å². The molecule has 7 nitrogen and oxygen atoms in total. The second kappa shape index (κ2) is 8.98. The number of thioether (sulfide) groups is 1. The summed E-state index contributed by atoms with van der Waals surface area (Å²) in [6.07, 6.45) is 3.62. The summed E-state index contributed by atoms with van der Waals surface area (Å²) < 4.78 is 7.19. The van der Waals surface area contributed by atoms with Crippen LogP contribution in [0.3, 0.4) is 0 Å². The Balaban J connectivity index is 1.37. The van der Waals surface area contributed by atoms with E-state index in [2.05, 4.69) is 14.8 Å². The van der Waals surface area contributed by atoms with Crippen molar-refractivity contribution in [1.82, 2.24) is 19.7 Å². The zero-order chi connectivity index (χ0) is 20.2. The molecule has 0 N–H and O–H groups in total. The first-order valence-corrected chi connectivity index (χ1v) is 11.2. The van der Waals surface area contributed by atoms with Crippen LogP contribution in [0.25, 0.3) is 5.69 Å². The van der Waals surface area contributed by atoms with Crippen LogP contribution in [0, 0.1) is 5.92 Å². The Bertz CT molecular complexity index is 858. The average Bonchev–Trinajstić information content (AvgIpc) is 3.52. The van der Waals surface area contributed by atoms with Gasteiger partial charge in [0.15, 0.2) is 5.16 Å². The Morgan fingerprint density at radius 1 is 1.10 bits per heavy atom. The van der Waals surface area contributed by atoms with Crippen LogP contribution in [0.15, 0.2) is 35.5 Å². The first-order chi connectivity index (χ1) is 14.2. The summed E-state index contributed by atoms with van der Waals surface area (Å²) in [7, 11) is 0. The Labute approximate surface area is 174 Å². The third kappa shape index (κ3) is 4.63. The van der Waals surface area contributed by atoms with Gasteiger partial charge in [-0.2, -0.15) is 0 Å². The molecular weight excluding hydrogens is 388 g/mol. The number of para-hydroxylation sites is 1. The van der Waals surface area contributed by atoms with E-state index in [0.717, 1.165) is 29.5 Å². The predicted molar refractivity (Wildman–Crippen MR) is 110 cm³/mol. The van der Waals surface area contributed by atoms with Gasteiger partial charge in [0.2, 0.25) is 5.91 Å². The zero-order valence-corrected chi connectivity index (χ0v) is 17.4. The van der Waals surface area contributed by atoms with Crippen molar-refractivity contribution in [2.45, 2.75) is 43.7 Å². The lowest BCUT2D eigenvalue weighted by Gasteiger charge is -2.30. The minimum absolute atomic E-state index is 0.0768. The number of hydrogen-bond donors (Lipinski definition) is 0. The Morgan fingerprint density at radius 2 is 1.83 bits per heavy atom. The highest BCUT2D eigenvalue weighted by Crippen LogP contribution is 2.41. The van der Waals surface area contributed by atoms with E-state index in [4.69, 9.17) is 4.74 Å². The van der Waals surface area contributed by atoms with Gasteiger partial charge in [-0.15, -0.1) is 10.2 Å². The number of piperidine rings is 1. The summed E-state index contributed by atoms with van der Waals surface area (Å²) in [6.45, 7) is 3.42. The van der Waals surface area contributed by atoms with E-state index >= 15 is 0 Å². The van der Waals surface area contributed by atoms with Crippen molar-refractivity contribution in [1.29, 1.82) is 0 Å². The molecule has 2 aliphatic rings. The molecule has 1 aromatic heterocycles. The molecule has 1 aliphatic carbocycles. The van der Waals surface area contributed by atoms with Crippen molar-refractivity contribution in [3.05, 3.63) is 36.2 Å². The van der Waals surface area contributed by atoms with E-state index in [0.29, 0.717) is 44.2 Å². The topological polar surface area (TPSA) is 77.3 Å². The molecule has 2 heterocycles. The molecule has 0 radical (unpaired) electrons. The number of benzene rings is 1. The highest BCUT2D eigenvalue weighted by molar-refractivity contribution is 7.99. The number of amides is 1. The van der Waals surface area contributed by atoms with Crippen molar-refractivity contribution in [3.63, 3.8) is 0 Å². The maximum Gasteiger partial charge on any atom is 0.309 e. The number of rotatable bonds is 7. The number of carbonyl (C=O) groups excluding carboxylic acids is 2. The molecule has 0 unspecified atom stereocenters. The fraction of sp³-hybridized carbons (Fsp3) is 0.524. The van der Waals surface area contributed by atoms with E-state index < -0.39 is 0 Å². The SMILES string of the molecule is CCOC(=O)C1CCN(C(=O)CSc2nnc(C3CC3)n2-c2ccccc2)CC1. The van der Waals surface area contributed by atoms with Crippen molar-refractivity contribution in [2.75, 3.05) is 25.4 Å². The molecule has 154 valence electrons. The van der Waals surface area contributed by atoms with Crippen LogP contribution >= 0.6 is 11.8 Å². The van der Waals surface area contributed by atoms with Gasteiger partial charge in [0.05, 0.1) is 18.3 Å². The number of nitrogens with zero attached hydrogens (tertiary/aromatic N) is 4. The quantitative estimate of drug-likeness (QED) is 0.512. The maximum atomic E-state index is 12.7. The lowest BCUT2D eigenvalue weighted by molar-refractivity contribution is -0.151. The summed E-state index contributed by atoms with van der Waals surface area (Å²) in [5, 5.41) is 9.54. The fourth-order valence-electron chi connectivity index (χ4n) is 3.64. The van der Waals surface area contributed by atoms with Crippen molar-refractivity contribution >= 4 is 23.6 Å². The summed E-state index contributed by atoms with van der Waals surface area (Å²) in [5.41, 5.74) is 1.03. The maximum absolute atomic E-state index is 12.7. The number of ether oxygens (including phenoxy) is 1. The summed E-state index contributed by atoms with van der Waals surface area (Å²) in [4.78, 5) is 26.4. The average molecular weight is 415 g/mol. The molecule has 2 aromatic rings. The van der Waals surface area contributed by atoms with Crippen LogP contribution in [-0.4, -0.2) is 57.0 Å². The molecule has 1 saturated heterocycles. The molecular formula is C21H26N4O3S. The lowest BCUT2D eigenvalue weighted by Crippen LogP contribution is -2.41. The first kappa shape index (κ1) is 19.9. The van der Waals surface area contributed by atoms with Crippen molar-refractivity contribution in [2.24, 2.45) is 5.92 Å². The van der Waals surface area contributed by atoms with Crippen molar-refractivity contribution < 1.29 is 14.3 Å². The molecule has 4 rings (SSSR count). The lowest BCUT2D eigenvalue weighted by atomic mass is 9.97. The number of likely N-dealkylation sites (tertiary alicyclic amines) is 1. The third-order valence-corrected chi connectivity index (χ3v) is 6.32. The molecule has 29 heavy (non-hydrogen) atoms. The molecule has 0 spiro atoms. The van der Waals surface area contributed by atoms with Crippen LogP contribution < -0.4 is 0 Å². The van der Waals surface area contributed by atoms with E-state index in [-0.39, 0.29) is 17.8 Å².